The minimum atomic E-state index is -4.64. The van der Waals surface area contributed by atoms with Crippen molar-refractivity contribution in [3.05, 3.63) is 27.7 Å². The van der Waals surface area contributed by atoms with E-state index in [1.165, 1.54) is 6.07 Å². The van der Waals surface area contributed by atoms with Crippen molar-refractivity contribution >= 4 is 35.4 Å². The summed E-state index contributed by atoms with van der Waals surface area (Å²) in [6.45, 7) is 0. The average molecular weight is 305 g/mol. The highest BCUT2D eigenvalue weighted by molar-refractivity contribution is 9.10. The second kappa shape index (κ2) is 5.70. The van der Waals surface area contributed by atoms with Crippen LogP contribution in [0.4, 0.5) is 0 Å². The molecule has 0 amide bonds. The van der Waals surface area contributed by atoms with E-state index in [4.69, 9.17) is 36.0 Å². The zero-order valence-electron chi connectivity index (χ0n) is 6.63. The Bertz CT molecular complexity index is 324. The molecule has 1 aromatic carbocycles. The standard InChI is InChI=1S/C6H4BrClO.H3O4P/c7-4-2-1-3-5(9)6(4)8;1-5(2,3)4/h1-3,9H;(H3,1,2,3,4). The number of halogens is 2. The zero-order valence-corrected chi connectivity index (χ0v) is 9.87. The molecule has 0 unspecified atom stereocenters. The van der Waals surface area contributed by atoms with Gasteiger partial charge in [-0.25, -0.2) is 4.57 Å². The Morgan fingerprint density at radius 3 is 2.00 bits per heavy atom. The molecule has 0 saturated carbocycles. The van der Waals surface area contributed by atoms with Crippen molar-refractivity contribution in [2.75, 3.05) is 0 Å². The Morgan fingerprint density at radius 2 is 1.71 bits per heavy atom. The molecule has 0 spiro atoms. The minimum absolute atomic E-state index is 0.103. The number of phenols is 1. The van der Waals surface area contributed by atoms with Gasteiger partial charge in [-0.3, -0.25) is 0 Å². The molecular formula is C6H7BrClO5P. The van der Waals surface area contributed by atoms with Crippen LogP contribution in [0.1, 0.15) is 0 Å². The van der Waals surface area contributed by atoms with Gasteiger partial charge in [0.15, 0.2) is 0 Å². The van der Waals surface area contributed by atoms with Gasteiger partial charge in [0.05, 0.1) is 5.02 Å². The Kier molecular flexibility index (Phi) is 5.66. The molecular weight excluding hydrogens is 298 g/mol. The third-order valence-corrected chi connectivity index (χ3v) is 2.22. The van der Waals surface area contributed by atoms with Crippen molar-refractivity contribution in [3.8, 4) is 5.75 Å². The summed E-state index contributed by atoms with van der Waals surface area (Å²) in [6, 6.07) is 5.01. The normalized spacial score (nSPS) is 10.4. The van der Waals surface area contributed by atoms with Gasteiger partial charge in [-0.2, -0.15) is 0 Å². The van der Waals surface area contributed by atoms with Crippen molar-refractivity contribution in [2.45, 2.75) is 0 Å². The molecule has 0 saturated heterocycles. The maximum atomic E-state index is 8.94. The number of phosphoric acid groups is 1. The molecule has 0 aliphatic rings. The van der Waals surface area contributed by atoms with Gasteiger partial charge in [-0.05, 0) is 28.1 Å². The van der Waals surface area contributed by atoms with Crippen LogP contribution in [0.15, 0.2) is 22.7 Å². The smallest absolute Gasteiger partial charge is 0.466 e. The molecule has 0 aliphatic carbocycles. The van der Waals surface area contributed by atoms with E-state index in [0.29, 0.717) is 9.50 Å². The lowest BCUT2D eigenvalue weighted by Gasteiger charge is -1.95. The summed E-state index contributed by atoms with van der Waals surface area (Å²) in [5.41, 5.74) is 0. The Hall–Kier alpha value is -0.100. The second-order valence-electron chi connectivity index (χ2n) is 2.09. The third kappa shape index (κ3) is 7.32. The predicted octanol–water partition coefficient (Wildman–Crippen LogP) is 1.88. The number of phenolic OH excluding ortho intramolecular Hbond substituents is 1. The van der Waals surface area contributed by atoms with E-state index in [9.17, 15) is 0 Å². The van der Waals surface area contributed by atoms with Crippen LogP contribution in [0, 0.1) is 0 Å². The van der Waals surface area contributed by atoms with Gasteiger partial charge in [-0.15, -0.1) is 0 Å². The summed E-state index contributed by atoms with van der Waals surface area (Å²) in [4.78, 5) is 21.6. The van der Waals surface area contributed by atoms with Gasteiger partial charge >= 0.3 is 7.82 Å². The summed E-state index contributed by atoms with van der Waals surface area (Å²) in [7, 11) is -4.64. The first kappa shape index (κ1) is 13.9. The van der Waals surface area contributed by atoms with E-state index in [2.05, 4.69) is 15.9 Å². The van der Waals surface area contributed by atoms with Gasteiger partial charge in [0.25, 0.3) is 0 Å². The van der Waals surface area contributed by atoms with Gasteiger partial charge in [0.2, 0.25) is 0 Å². The van der Waals surface area contributed by atoms with Crippen LogP contribution in [0.5, 0.6) is 5.75 Å². The van der Waals surface area contributed by atoms with E-state index in [-0.39, 0.29) is 5.75 Å². The van der Waals surface area contributed by atoms with Gasteiger partial charge in [0, 0.05) is 4.47 Å². The fourth-order valence-corrected chi connectivity index (χ4v) is 0.974. The second-order valence-corrected chi connectivity index (χ2v) is 4.35. The van der Waals surface area contributed by atoms with Gasteiger partial charge < -0.3 is 19.8 Å². The minimum Gasteiger partial charge on any atom is -0.506 e. The van der Waals surface area contributed by atoms with Crippen LogP contribution in [-0.4, -0.2) is 19.8 Å². The fraction of sp³-hybridized carbons (Fsp3) is 0. The summed E-state index contributed by atoms with van der Waals surface area (Å²) in [5.74, 6) is 0.103. The van der Waals surface area contributed by atoms with E-state index >= 15 is 0 Å². The predicted molar refractivity (Wildman–Crippen MR) is 55.1 cm³/mol. The molecule has 0 radical (unpaired) electrons. The lowest BCUT2D eigenvalue weighted by Crippen LogP contribution is -1.68. The molecule has 0 bridgehead atoms. The molecule has 0 aliphatic heterocycles. The lowest BCUT2D eigenvalue weighted by molar-refractivity contribution is 0.275. The van der Waals surface area contributed by atoms with Crippen LogP contribution in [0.3, 0.4) is 0 Å². The monoisotopic (exact) mass is 304 g/mol. The average Bonchev–Trinajstić information content (AvgIpc) is 1.97. The highest BCUT2D eigenvalue weighted by Gasteiger charge is 2.00. The Balaban J connectivity index is 0.000000292. The summed E-state index contributed by atoms with van der Waals surface area (Å²) < 4.78 is 9.59. The first-order chi connectivity index (χ1) is 6.22. The van der Waals surface area contributed by atoms with Crippen LogP contribution >= 0.6 is 35.4 Å². The maximum absolute atomic E-state index is 8.94. The first-order valence-electron chi connectivity index (χ1n) is 3.13. The van der Waals surface area contributed by atoms with Crippen LogP contribution in [0.2, 0.25) is 5.02 Å². The lowest BCUT2D eigenvalue weighted by atomic mass is 10.3. The Labute approximate surface area is 93.3 Å². The van der Waals surface area contributed by atoms with E-state index in [1.807, 2.05) is 0 Å². The highest BCUT2D eigenvalue weighted by atomic mass is 79.9. The van der Waals surface area contributed by atoms with Crippen molar-refractivity contribution in [3.63, 3.8) is 0 Å². The molecule has 14 heavy (non-hydrogen) atoms. The molecule has 0 fully saturated rings. The molecule has 5 nitrogen and oxygen atoms in total. The van der Waals surface area contributed by atoms with Crippen LogP contribution < -0.4 is 0 Å². The summed E-state index contributed by atoms with van der Waals surface area (Å²) in [5, 5.41) is 9.30. The third-order valence-electron chi connectivity index (χ3n) is 0.931. The fourth-order valence-electron chi connectivity index (χ4n) is 0.492. The van der Waals surface area contributed by atoms with E-state index < -0.39 is 7.82 Å². The largest absolute Gasteiger partial charge is 0.506 e. The number of rotatable bonds is 0. The molecule has 8 heteroatoms. The number of aromatic hydroxyl groups is 1. The summed E-state index contributed by atoms with van der Waals surface area (Å²) in [6.07, 6.45) is 0. The molecule has 80 valence electrons. The van der Waals surface area contributed by atoms with Crippen molar-refractivity contribution in [1.29, 1.82) is 0 Å². The van der Waals surface area contributed by atoms with Crippen molar-refractivity contribution in [2.24, 2.45) is 0 Å². The number of hydrogen-bond donors (Lipinski definition) is 4. The molecule has 0 heterocycles. The quantitative estimate of drug-likeness (QED) is 0.549. The van der Waals surface area contributed by atoms with Crippen molar-refractivity contribution < 1.29 is 24.4 Å². The van der Waals surface area contributed by atoms with Gasteiger partial charge in [0.1, 0.15) is 5.75 Å². The van der Waals surface area contributed by atoms with Gasteiger partial charge in [-0.1, -0.05) is 17.7 Å². The highest BCUT2D eigenvalue weighted by Crippen LogP contribution is 2.30. The first-order valence-corrected chi connectivity index (χ1v) is 5.86. The van der Waals surface area contributed by atoms with Crippen molar-refractivity contribution in [1.82, 2.24) is 0 Å². The molecule has 1 aromatic rings. The van der Waals surface area contributed by atoms with Crippen LogP contribution in [-0.2, 0) is 4.57 Å². The van der Waals surface area contributed by atoms with E-state index in [0.717, 1.165) is 0 Å². The summed E-state index contributed by atoms with van der Waals surface area (Å²) >= 11 is 8.73. The molecule has 0 atom stereocenters. The number of hydrogen-bond acceptors (Lipinski definition) is 2. The SMILES string of the molecule is O=P(O)(O)O.Oc1cccc(Br)c1Cl. The molecule has 0 aromatic heterocycles. The van der Waals surface area contributed by atoms with E-state index in [1.54, 1.807) is 12.1 Å². The molecule has 4 N–H and O–H groups in total. The maximum Gasteiger partial charge on any atom is 0.466 e. The number of benzene rings is 1. The molecule has 1 rings (SSSR count). The van der Waals surface area contributed by atoms with Crippen LogP contribution in [0.25, 0.3) is 0 Å². The Morgan fingerprint density at radius 1 is 1.29 bits per heavy atom. The zero-order chi connectivity index (χ0) is 11.4. The topological polar surface area (TPSA) is 98.0 Å².